The van der Waals surface area contributed by atoms with Crippen LogP contribution in [-0.4, -0.2) is 10.2 Å². The molecule has 0 bridgehead atoms. The van der Waals surface area contributed by atoms with Crippen LogP contribution in [0.2, 0.25) is 0 Å². The fraction of sp³-hybridized carbons (Fsp3) is 0.143. The van der Waals surface area contributed by atoms with Crippen LogP contribution in [0.15, 0.2) is 24.3 Å². The van der Waals surface area contributed by atoms with Crippen LogP contribution in [0.5, 0.6) is 5.75 Å². The Morgan fingerprint density at radius 3 is 2.20 bits per heavy atom. The van der Waals surface area contributed by atoms with E-state index in [0.29, 0.717) is 5.56 Å². The summed E-state index contributed by atoms with van der Waals surface area (Å²) >= 11 is 0. The zero-order valence-corrected chi connectivity index (χ0v) is 6.14. The van der Waals surface area contributed by atoms with E-state index in [0.717, 1.165) is 0 Å². The zero-order chi connectivity index (χ0) is 6.69. The molecule has 10 heavy (non-hydrogen) atoms. The number of phenols is 1. The van der Waals surface area contributed by atoms with Crippen molar-refractivity contribution < 1.29 is 10.2 Å². The summed E-state index contributed by atoms with van der Waals surface area (Å²) in [5.41, 5.74) is 0.567. The van der Waals surface area contributed by atoms with Crippen LogP contribution >= 0.6 is 12.4 Å². The molecule has 0 unspecified atom stereocenters. The summed E-state index contributed by atoms with van der Waals surface area (Å²) in [5, 5.41) is 17.5. The van der Waals surface area contributed by atoms with Gasteiger partial charge in [0.15, 0.2) is 0 Å². The molecule has 0 fully saturated rings. The van der Waals surface area contributed by atoms with Crippen LogP contribution in [0, 0.1) is 0 Å². The van der Waals surface area contributed by atoms with Crippen molar-refractivity contribution in [3.8, 4) is 5.75 Å². The van der Waals surface area contributed by atoms with Crippen molar-refractivity contribution in [2.75, 3.05) is 0 Å². The Bertz CT molecular complexity index is 201. The van der Waals surface area contributed by atoms with E-state index in [1.165, 1.54) is 0 Å². The molecule has 0 spiro atoms. The number of hydrogen-bond acceptors (Lipinski definition) is 2. The molecule has 2 N–H and O–H groups in total. The summed E-state index contributed by atoms with van der Waals surface area (Å²) in [6, 6.07) is 6.71. The lowest BCUT2D eigenvalue weighted by atomic mass is 10.2. The number of aromatic hydroxyl groups is 1. The summed E-state index contributed by atoms with van der Waals surface area (Å²) in [6.07, 6.45) is 0. The number of para-hydroxylation sites is 1. The second kappa shape index (κ2) is 4.14. The van der Waals surface area contributed by atoms with Crippen LogP contribution in [-0.2, 0) is 6.61 Å². The first-order valence-corrected chi connectivity index (χ1v) is 2.72. The highest BCUT2D eigenvalue weighted by molar-refractivity contribution is 5.85. The van der Waals surface area contributed by atoms with Crippen molar-refractivity contribution in [2.24, 2.45) is 0 Å². The third-order valence-electron chi connectivity index (χ3n) is 1.16. The van der Waals surface area contributed by atoms with Crippen LogP contribution in [0.1, 0.15) is 5.56 Å². The second-order valence-electron chi connectivity index (χ2n) is 1.79. The molecule has 0 radical (unpaired) electrons. The minimum atomic E-state index is -0.104. The summed E-state index contributed by atoms with van der Waals surface area (Å²) < 4.78 is 0. The third kappa shape index (κ3) is 1.90. The zero-order valence-electron chi connectivity index (χ0n) is 5.32. The Morgan fingerprint density at radius 2 is 1.80 bits per heavy atom. The highest BCUT2D eigenvalue weighted by atomic mass is 35.5. The molecule has 0 aliphatic carbocycles. The van der Waals surface area contributed by atoms with E-state index in [9.17, 15) is 0 Å². The predicted molar refractivity (Wildman–Crippen MR) is 41.3 cm³/mol. The number of benzene rings is 1. The molecular weight excluding hydrogens is 152 g/mol. The van der Waals surface area contributed by atoms with Crippen molar-refractivity contribution >= 4 is 12.4 Å². The van der Waals surface area contributed by atoms with Crippen molar-refractivity contribution in [3.05, 3.63) is 29.8 Å². The Labute approximate surface area is 65.5 Å². The van der Waals surface area contributed by atoms with Gasteiger partial charge >= 0.3 is 0 Å². The highest BCUT2D eigenvalue weighted by Crippen LogP contribution is 2.14. The monoisotopic (exact) mass is 160 g/mol. The van der Waals surface area contributed by atoms with E-state index >= 15 is 0 Å². The van der Waals surface area contributed by atoms with Gasteiger partial charge in [-0.25, -0.2) is 0 Å². The molecule has 0 amide bonds. The van der Waals surface area contributed by atoms with E-state index in [-0.39, 0.29) is 24.8 Å². The van der Waals surface area contributed by atoms with E-state index < -0.39 is 0 Å². The van der Waals surface area contributed by atoms with Crippen molar-refractivity contribution in [2.45, 2.75) is 6.61 Å². The molecule has 0 aliphatic rings. The van der Waals surface area contributed by atoms with Crippen LogP contribution in [0.3, 0.4) is 0 Å². The molecule has 0 saturated carbocycles. The van der Waals surface area contributed by atoms with Crippen LogP contribution in [0.4, 0.5) is 0 Å². The fourth-order valence-corrected chi connectivity index (χ4v) is 0.645. The van der Waals surface area contributed by atoms with Gasteiger partial charge in [0.05, 0.1) is 6.61 Å². The van der Waals surface area contributed by atoms with Gasteiger partial charge in [0.2, 0.25) is 0 Å². The van der Waals surface area contributed by atoms with Gasteiger partial charge in [-0.1, -0.05) is 18.2 Å². The molecule has 56 valence electrons. The lowest BCUT2D eigenvalue weighted by Crippen LogP contribution is -1.80. The van der Waals surface area contributed by atoms with E-state index in [1.54, 1.807) is 24.3 Å². The number of hydrogen-bond donors (Lipinski definition) is 2. The summed E-state index contributed by atoms with van der Waals surface area (Å²) in [4.78, 5) is 0. The summed E-state index contributed by atoms with van der Waals surface area (Å²) in [5.74, 6) is 0.153. The van der Waals surface area contributed by atoms with Crippen molar-refractivity contribution in [1.29, 1.82) is 0 Å². The lowest BCUT2D eigenvalue weighted by molar-refractivity contribution is 0.275. The van der Waals surface area contributed by atoms with Gasteiger partial charge in [-0.3, -0.25) is 0 Å². The summed E-state index contributed by atoms with van der Waals surface area (Å²) in [7, 11) is 0. The molecule has 0 aliphatic heterocycles. The maximum absolute atomic E-state index is 8.95. The molecule has 0 saturated heterocycles. The van der Waals surface area contributed by atoms with Gasteiger partial charge < -0.3 is 10.2 Å². The third-order valence-corrected chi connectivity index (χ3v) is 1.16. The number of halogens is 1. The Hall–Kier alpha value is -0.730. The van der Waals surface area contributed by atoms with E-state index in [1.807, 2.05) is 0 Å². The Kier molecular flexibility index (Phi) is 3.84. The number of aliphatic hydroxyl groups excluding tert-OH is 1. The average molecular weight is 161 g/mol. The topological polar surface area (TPSA) is 40.5 Å². The first kappa shape index (κ1) is 9.27. The smallest absolute Gasteiger partial charge is 0.121 e. The normalized spacial score (nSPS) is 8.50. The van der Waals surface area contributed by atoms with E-state index in [4.69, 9.17) is 10.2 Å². The maximum Gasteiger partial charge on any atom is 0.121 e. The minimum Gasteiger partial charge on any atom is -0.508 e. The molecule has 2 nitrogen and oxygen atoms in total. The van der Waals surface area contributed by atoms with Crippen molar-refractivity contribution in [3.63, 3.8) is 0 Å². The average Bonchev–Trinajstić information content (AvgIpc) is 1.89. The van der Waals surface area contributed by atoms with Crippen LogP contribution in [0.25, 0.3) is 0 Å². The molecule has 1 rings (SSSR count). The van der Waals surface area contributed by atoms with Gasteiger partial charge in [-0.05, 0) is 6.07 Å². The largest absolute Gasteiger partial charge is 0.508 e. The quantitative estimate of drug-likeness (QED) is 0.651. The number of rotatable bonds is 1. The second-order valence-corrected chi connectivity index (χ2v) is 1.79. The molecule has 1 aromatic carbocycles. The lowest BCUT2D eigenvalue weighted by Gasteiger charge is -1.96. The van der Waals surface area contributed by atoms with Gasteiger partial charge in [0.25, 0.3) is 0 Å². The fourth-order valence-electron chi connectivity index (χ4n) is 0.645. The molecular formula is C7H9ClO2. The summed E-state index contributed by atoms with van der Waals surface area (Å²) in [6.45, 7) is -0.104. The highest BCUT2D eigenvalue weighted by Gasteiger charge is 1.93. The molecule has 0 heterocycles. The Morgan fingerprint density at radius 1 is 1.20 bits per heavy atom. The maximum atomic E-state index is 8.95. The van der Waals surface area contributed by atoms with Crippen molar-refractivity contribution in [1.82, 2.24) is 0 Å². The van der Waals surface area contributed by atoms with Crippen LogP contribution < -0.4 is 0 Å². The van der Waals surface area contributed by atoms with Gasteiger partial charge in [-0.15, -0.1) is 12.4 Å². The first-order chi connectivity index (χ1) is 4.34. The minimum absolute atomic E-state index is 0. The number of aliphatic hydroxyl groups is 1. The molecule has 0 atom stereocenters. The standard InChI is InChI=1S/C7H8O2.ClH/c8-5-6-3-1-2-4-7(6)9;/h1-4,8-9H,5H2;1H. The molecule has 0 aromatic heterocycles. The SMILES string of the molecule is Cl.OCc1ccccc1O. The van der Waals surface area contributed by atoms with Gasteiger partial charge in [-0.2, -0.15) is 0 Å². The van der Waals surface area contributed by atoms with E-state index in [2.05, 4.69) is 0 Å². The van der Waals surface area contributed by atoms with Gasteiger partial charge in [0.1, 0.15) is 5.75 Å². The predicted octanol–water partition coefficient (Wildman–Crippen LogP) is 1.31. The molecule has 3 heteroatoms. The Balaban J connectivity index is 0.000000810. The first-order valence-electron chi connectivity index (χ1n) is 2.72. The molecule has 1 aromatic rings. The van der Waals surface area contributed by atoms with Gasteiger partial charge in [0, 0.05) is 5.56 Å².